The standard InChI is InChI=1S/C15H23NO2/c1-11(2)17-9-10-18-14-8-7-12-5-3-4-6-13(12)15(14)16/h3-6,11,14-15H,7-10,16H2,1-2H3. The van der Waals surface area contributed by atoms with Crippen molar-refractivity contribution >= 4 is 0 Å². The van der Waals surface area contributed by atoms with Gasteiger partial charge >= 0.3 is 0 Å². The van der Waals surface area contributed by atoms with Crippen molar-refractivity contribution in [2.75, 3.05) is 13.2 Å². The van der Waals surface area contributed by atoms with Crippen molar-refractivity contribution in [3.63, 3.8) is 0 Å². The molecule has 0 saturated heterocycles. The maximum Gasteiger partial charge on any atom is 0.0772 e. The summed E-state index contributed by atoms with van der Waals surface area (Å²) in [5, 5.41) is 0. The average Bonchev–Trinajstić information content (AvgIpc) is 2.37. The molecule has 1 aliphatic carbocycles. The predicted octanol–water partition coefficient (Wildman–Crippen LogP) is 2.44. The van der Waals surface area contributed by atoms with Crippen LogP contribution in [0.15, 0.2) is 24.3 Å². The maximum atomic E-state index is 6.27. The molecule has 1 aromatic carbocycles. The third-order valence-electron chi connectivity index (χ3n) is 3.38. The number of hydrogen-bond donors (Lipinski definition) is 1. The summed E-state index contributed by atoms with van der Waals surface area (Å²) in [7, 11) is 0. The Morgan fingerprint density at radius 3 is 2.83 bits per heavy atom. The fourth-order valence-corrected chi connectivity index (χ4v) is 2.43. The highest BCUT2D eigenvalue weighted by atomic mass is 16.5. The third kappa shape index (κ3) is 3.31. The number of nitrogens with two attached hydrogens (primary N) is 1. The lowest BCUT2D eigenvalue weighted by molar-refractivity contribution is -0.0261. The van der Waals surface area contributed by atoms with Crippen LogP contribution < -0.4 is 5.73 Å². The van der Waals surface area contributed by atoms with Gasteiger partial charge in [0.1, 0.15) is 0 Å². The van der Waals surface area contributed by atoms with Gasteiger partial charge in [-0.2, -0.15) is 0 Å². The minimum atomic E-state index is -0.00556. The van der Waals surface area contributed by atoms with Crippen LogP contribution in [0.3, 0.4) is 0 Å². The molecular weight excluding hydrogens is 226 g/mol. The molecule has 0 aliphatic heterocycles. The second kappa shape index (κ2) is 6.32. The van der Waals surface area contributed by atoms with E-state index < -0.39 is 0 Å². The Morgan fingerprint density at radius 2 is 2.06 bits per heavy atom. The first-order valence-corrected chi connectivity index (χ1v) is 6.75. The van der Waals surface area contributed by atoms with Crippen molar-refractivity contribution in [2.24, 2.45) is 5.73 Å². The van der Waals surface area contributed by atoms with E-state index in [1.54, 1.807) is 0 Å². The predicted molar refractivity (Wildman–Crippen MR) is 72.5 cm³/mol. The van der Waals surface area contributed by atoms with Gasteiger partial charge in [0.25, 0.3) is 0 Å². The second-order valence-corrected chi connectivity index (χ2v) is 5.09. The van der Waals surface area contributed by atoms with Crippen LogP contribution in [0.4, 0.5) is 0 Å². The highest BCUT2D eigenvalue weighted by Gasteiger charge is 2.26. The molecule has 1 aromatic rings. The lowest BCUT2D eigenvalue weighted by Crippen LogP contribution is -2.34. The molecule has 2 atom stereocenters. The number of fused-ring (bicyclic) bond motifs is 1. The molecule has 100 valence electrons. The zero-order valence-corrected chi connectivity index (χ0v) is 11.3. The van der Waals surface area contributed by atoms with Gasteiger partial charge in [0.05, 0.1) is 31.5 Å². The molecule has 0 aromatic heterocycles. The normalized spacial score (nSPS) is 23.1. The third-order valence-corrected chi connectivity index (χ3v) is 3.38. The molecule has 0 bridgehead atoms. The van der Waals surface area contributed by atoms with Crippen LogP contribution in [0.2, 0.25) is 0 Å². The van der Waals surface area contributed by atoms with Gasteiger partial charge in [-0.3, -0.25) is 0 Å². The number of rotatable bonds is 5. The quantitative estimate of drug-likeness (QED) is 0.815. The molecule has 3 nitrogen and oxygen atoms in total. The second-order valence-electron chi connectivity index (χ2n) is 5.09. The van der Waals surface area contributed by atoms with Crippen LogP contribution in [-0.4, -0.2) is 25.4 Å². The average molecular weight is 249 g/mol. The summed E-state index contributed by atoms with van der Waals surface area (Å²) in [6.45, 7) is 5.33. The van der Waals surface area contributed by atoms with Gasteiger partial charge in [0, 0.05) is 0 Å². The molecule has 2 unspecified atom stereocenters. The summed E-state index contributed by atoms with van der Waals surface area (Å²) in [6, 6.07) is 8.38. The monoisotopic (exact) mass is 249 g/mol. The summed E-state index contributed by atoms with van der Waals surface area (Å²) in [4.78, 5) is 0. The molecule has 3 heteroatoms. The first kappa shape index (κ1) is 13.5. The van der Waals surface area contributed by atoms with Gasteiger partial charge in [-0.15, -0.1) is 0 Å². The SMILES string of the molecule is CC(C)OCCOC1CCc2ccccc2C1N. The minimum Gasteiger partial charge on any atom is -0.376 e. The molecule has 18 heavy (non-hydrogen) atoms. The highest BCUT2D eigenvalue weighted by Crippen LogP contribution is 2.29. The molecule has 2 N–H and O–H groups in total. The Morgan fingerprint density at radius 1 is 1.28 bits per heavy atom. The van der Waals surface area contributed by atoms with Gasteiger partial charge in [-0.25, -0.2) is 0 Å². The Hall–Kier alpha value is -0.900. The molecule has 0 spiro atoms. The van der Waals surface area contributed by atoms with E-state index in [0.717, 1.165) is 12.8 Å². The summed E-state index contributed by atoms with van der Waals surface area (Å²) in [5.74, 6) is 0. The highest BCUT2D eigenvalue weighted by molar-refractivity contribution is 5.33. The number of aryl methyl sites for hydroxylation is 1. The molecular formula is C15H23NO2. The van der Waals surface area contributed by atoms with Crippen LogP contribution in [-0.2, 0) is 15.9 Å². The molecule has 0 radical (unpaired) electrons. The molecule has 0 saturated carbocycles. The lowest BCUT2D eigenvalue weighted by Gasteiger charge is -2.31. The Labute approximate surface area is 109 Å². The molecule has 0 fully saturated rings. The largest absolute Gasteiger partial charge is 0.376 e. The minimum absolute atomic E-state index is 0.00556. The Kier molecular flexibility index (Phi) is 4.75. The van der Waals surface area contributed by atoms with Crippen LogP contribution in [0, 0.1) is 0 Å². The zero-order valence-electron chi connectivity index (χ0n) is 11.3. The van der Waals surface area contributed by atoms with Gasteiger partial charge in [-0.1, -0.05) is 24.3 Å². The summed E-state index contributed by atoms with van der Waals surface area (Å²) in [5.41, 5.74) is 8.87. The van der Waals surface area contributed by atoms with E-state index in [1.807, 2.05) is 19.9 Å². The van der Waals surface area contributed by atoms with Crippen molar-refractivity contribution in [2.45, 2.75) is 44.9 Å². The van der Waals surface area contributed by atoms with E-state index in [1.165, 1.54) is 11.1 Å². The Bertz CT molecular complexity index is 379. The molecule has 0 amide bonds. The first-order chi connectivity index (χ1) is 8.68. The topological polar surface area (TPSA) is 44.5 Å². The van der Waals surface area contributed by atoms with Gasteiger partial charge in [-0.05, 0) is 37.8 Å². The van der Waals surface area contributed by atoms with Crippen LogP contribution in [0.5, 0.6) is 0 Å². The van der Waals surface area contributed by atoms with Crippen molar-refractivity contribution in [1.82, 2.24) is 0 Å². The van der Waals surface area contributed by atoms with E-state index in [0.29, 0.717) is 13.2 Å². The van der Waals surface area contributed by atoms with E-state index in [-0.39, 0.29) is 18.2 Å². The molecule has 2 rings (SSSR count). The maximum absolute atomic E-state index is 6.27. The molecule has 1 aliphatic rings. The summed E-state index contributed by atoms with van der Waals surface area (Å²) in [6.07, 6.45) is 2.43. The van der Waals surface area contributed by atoms with Crippen LogP contribution in [0.25, 0.3) is 0 Å². The smallest absolute Gasteiger partial charge is 0.0772 e. The number of ether oxygens (including phenoxy) is 2. The Balaban J connectivity index is 1.85. The van der Waals surface area contributed by atoms with E-state index >= 15 is 0 Å². The van der Waals surface area contributed by atoms with Gasteiger partial charge in [0.15, 0.2) is 0 Å². The first-order valence-electron chi connectivity index (χ1n) is 6.75. The number of hydrogen-bond acceptors (Lipinski definition) is 3. The fourth-order valence-electron chi connectivity index (χ4n) is 2.43. The molecule has 0 heterocycles. The summed E-state index contributed by atoms with van der Waals surface area (Å²) < 4.78 is 11.3. The zero-order chi connectivity index (χ0) is 13.0. The van der Waals surface area contributed by atoms with Crippen molar-refractivity contribution in [3.05, 3.63) is 35.4 Å². The van der Waals surface area contributed by atoms with E-state index in [9.17, 15) is 0 Å². The fraction of sp³-hybridized carbons (Fsp3) is 0.600. The number of benzene rings is 1. The van der Waals surface area contributed by atoms with Crippen molar-refractivity contribution in [1.29, 1.82) is 0 Å². The van der Waals surface area contributed by atoms with Gasteiger partial charge in [0.2, 0.25) is 0 Å². The van der Waals surface area contributed by atoms with E-state index in [4.69, 9.17) is 15.2 Å². The van der Waals surface area contributed by atoms with Crippen LogP contribution >= 0.6 is 0 Å². The van der Waals surface area contributed by atoms with Crippen LogP contribution in [0.1, 0.15) is 37.4 Å². The van der Waals surface area contributed by atoms with Crippen molar-refractivity contribution in [3.8, 4) is 0 Å². The van der Waals surface area contributed by atoms with Crippen molar-refractivity contribution < 1.29 is 9.47 Å². The summed E-state index contributed by atoms with van der Waals surface area (Å²) >= 11 is 0. The van der Waals surface area contributed by atoms with E-state index in [2.05, 4.69) is 18.2 Å². The van der Waals surface area contributed by atoms with Gasteiger partial charge < -0.3 is 15.2 Å². The lowest BCUT2D eigenvalue weighted by atomic mass is 9.86.